The number of H-pyrrole nitrogens is 1. The molecule has 134 valence electrons. The third-order valence-electron chi connectivity index (χ3n) is 3.98. The molecule has 0 saturated carbocycles. The topological polar surface area (TPSA) is 74.0 Å². The van der Waals surface area contributed by atoms with Crippen LogP contribution in [0.25, 0.3) is 10.9 Å². The number of amides is 2. The Morgan fingerprint density at radius 1 is 1.12 bits per heavy atom. The van der Waals surface area contributed by atoms with E-state index in [1.54, 1.807) is 6.20 Å². The van der Waals surface area contributed by atoms with Crippen molar-refractivity contribution in [1.82, 2.24) is 10.3 Å². The molecule has 0 aliphatic heterocycles. The first kappa shape index (κ1) is 17.6. The number of rotatable bonds is 5. The highest BCUT2D eigenvalue weighted by atomic mass is 19.2. The van der Waals surface area contributed by atoms with Gasteiger partial charge in [-0.25, -0.2) is 8.78 Å². The van der Waals surface area contributed by atoms with Crippen molar-refractivity contribution in [3.05, 3.63) is 65.9 Å². The Labute approximate surface area is 148 Å². The summed E-state index contributed by atoms with van der Waals surface area (Å²) in [7, 11) is 0. The molecule has 1 unspecified atom stereocenters. The number of fused-ring (bicyclic) bond motifs is 1. The molecule has 0 fully saturated rings. The summed E-state index contributed by atoms with van der Waals surface area (Å²) in [5, 5.41) is 6.05. The maximum absolute atomic E-state index is 13.3. The Bertz CT molecular complexity index is 968. The standard InChI is InChI=1S/C19H17F2N3O2/c1-11(25)23-18(8-12-10-22-17-5-3-2-4-14(12)17)19(26)24-13-6-7-15(20)16(21)9-13/h2-7,9-10,18,22H,8H2,1H3,(H,23,25)(H,24,26). The average Bonchev–Trinajstić information content (AvgIpc) is 3.00. The van der Waals surface area contributed by atoms with E-state index in [0.29, 0.717) is 0 Å². The maximum Gasteiger partial charge on any atom is 0.247 e. The van der Waals surface area contributed by atoms with Crippen molar-refractivity contribution < 1.29 is 18.4 Å². The monoisotopic (exact) mass is 357 g/mol. The van der Waals surface area contributed by atoms with E-state index in [9.17, 15) is 18.4 Å². The maximum atomic E-state index is 13.3. The van der Waals surface area contributed by atoms with Crippen LogP contribution in [-0.4, -0.2) is 22.8 Å². The van der Waals surface area contributed by atoms with E-state index < -0.39 is 23.6 Å². The SMILES string of the molecule is CC(=O)NC(Cc1c[nH]c2ccccc12)C(=O)Nc1ccc(F)c(F)c1. The fourth-order valence-electron chi connectivity index (χ4n) is 2.78. The van der Waals surface area contributed by atoms with Gasteiger partial charge in [0.25, 0.3) is 0 Å². The first-order valence-corrected chi connectivity index (χ1v) is 8.02. The number of hydrogen-bond donors (Lipinski definition) is 3. The van der Waals surface area contributed by atoms with Gasteiger partial charge in [0, 0.05) is 42.2 Å². The van der Waals surface area contributed by atoms with E-state index in [4.69, 9.17) is 0 Å². The molecule has 0 bridgehead atoms. The summed E-state index contributed by atoms with van der Waals surface area (Å²) in [6, 6.07) is 9.82. The number of carbonyl (C=O) groups is 2. The van der Waals surface area contributed by atoms with E-state index >= 15 is 0 Å². The summed E-state index contributed by atoms with van der Waals surface area (Å²) in [4.78, 5) is 27.2. The lowest BCUT2D eigenvalue weighted by Gasteiger charge is -2.17. The minimum absolute atomic E-state index is 0.114. The summed E-state index contributed by atoms with van der Waals surface area (Å²) in [6.45, 7) is 1.31. The number of aromatic amines is 1. The molecule has 1 aromatic heterocycles. The van der Waals surface area contributed by atoms with Crippen LogP contribution < -0.4 is 10.6 Å². The Balaban J connectivity index is 1.81. The van der Waals surface area contributed by atoms with Crippen LogP contribution in [0, 0.1) is 11.6 Å². The van der Waals surface area contributed by atoms with Crippen molar-refractivity contribution in [3.8, 4) is 0 Å². The second-order valence-electron chi connectivity index (χ2n) is 5.93. The summed E-state index contributed by atoms with van der Waals surface area (Å²) in [5.41, 5.74) is 1.90. The van der Waals surface area contributed by atoms with E-state index in [1.165, 1.54) is 13.0 Å². The number of hydrogen-bond acceptors (Lipinski definition) is 2. The van der Waals surface area contributed by atoms with Crippen LogP contribution in [0.2, 0.25) is 0 Å². The van der Waals surface area contributed by atoms with Gasteiger partial charge in [0.15, 0.2) is 11.6 Å². The van der Waals surface area contributed by atoms with Gasteiger partial charge in [-0.05, 0) is 23.8 Å². The lowest BCUT2D eigenvalue weighted by Crippen LogP contribution is -2.44. The molecule has 26 heavy (non-hydrogen) atoms. The van der Waals surface area contributed by atoms with Gasteiger partial charge in [-0.2, -0.15) is 0 Å². The number of anilines is 1. The lowest BCUT2D eigenvalue weighted by molar-refractivity contribution is -0.125. The molecule has 3 aromatic rings. The molecule has 0 saturated heterocycles. The fourth-order valence-corrected chi connectivity index (χ4v) is 2.78. The summed E-state index contributed by atoms with van der Waals surface area (Å²) in [5.74, 6) is -2.94. The van der Waals surface area contributed by atoms with Crippen LogP contribution in [0.4, 0.5) is 14.5 Å². The summed E-state index contributed by atoms with van der Waals surface area (Å²) >= 11 is 0. The van der Waals surface area contributed by atoms with Crippen molar-refractivity contribution >= 4 is 28.4 Å². The van der Waals surface area contributed by atoms with Crippen LogP contribution in [0.1, 0.15) is 12.5 Å². The number of benzene rings is 2. The quantitative estimate of drug-likeness (QED) is 0.656. The number of para-hydroxylation sites is 1. The van der Waals surface area contributed by atoms with Crippen molar-refractivity contribution in [2.75, 3.05) is 5.32 Å². The van der Waals surface area contributed by atoms with Gasteiger partial charge < -0.3 is 15.6 Å². The highest BCUT2D eigenvalue weighted by molar-refractivity contribution is 5.97. The Morgan fingerprint density at radius 2 is 1.88 bits per heavy atom. The van der Waals surface area contributed by atoms with Gasteiger partial charge in [-0.1, -0.05) is 18.2 Å². The molecule has 0 spiro atoms. The second-order valence-corrected chi connectivity index (χ2v) is 5.93. The average molecular weight is 357 g/mol. The first-order valence-electron chi connectivity index (χ1n) is 8.02. The van der Waals surface area contributed by atoms with Crippen LogP contribution in [0.3, 0.4) is 0 Å². The molecule has 3 rings (SSSR count). The molecule has 0 radical (unpaired) electrons. The van der Waals surface area contributed by atoms with Gasteiger partial charge in [-0.3, -0.25) is 9.59 Å². The summed E-state index contributed by atoms with van der Waals surface area (Å²) < 4.78 is 26.3. The van der Waals surface area contributed by atoms with E-state index in [2.05, 4.69) is 15.6 Å². The summed E-state index contributed by atoms with van der Waals surface area (Å²) in [6.07, 6.45) is 2.03. The smallest absolute Gasteiger partial charge is 0.247 e. The Morgan fingerprint density at radius 3 is 2.62 bits per heavy atom. The molecule has 2 amide bonds. The number of carbonyl (C=O) groups excluding carboxylic acids is 2. The fraction of sp³-hybridized carbons (Fsp3) is 0.158. The normalized spacial score (nSPS) is 12.0. The lowest BCUT2D eigenvalue weighted by atomic mass is 10.0. The molecule has 1 heterocycles. The van der Waals surface area contributed by atoms with Crippen molar-refractivity contribution in [1.29, 1.82) is 0 Å². The van der Waals surface area contributed by atoms with Crippen molar-refractivity contribution in [2.24, 2.45) is 0 Å². The van der Waals surface area contributed by atoms with Gasteiger partial charge >= 0.3 is 0 Å². The predicted molar refractivity (Wildman–Crippen MR) is 94.6 cm³/mol. The molecular formula is C19H17F2N3O2. The number of halogens is 2. The molecule has 0 aliphatic rings. The second kappa shape index (κ2) is 7.35. The minimum Gasteiger partial charge on any atom is -0.361 e. The van der Waals surface area contributed by atoms with Crippen LogP contribution in [0.15, 0.2) is 48.7 Å². The molecule has 3 N–H and O–H groups in total. The third kappa shape index (κ3) is 3.88. The zero-order valence-corrected chi connectivity index (χ0v) is 14.0. The zero-order valence-electron chi connectivity index (χ0n) is 14.0. The molecule has 2 aromatic carbocycles. The third-order valence-corrected chi connectivity index (χ3v) is 3.98. The van der Waals surface area contributed by atoms with Crippen LogP contribution >= 0.6 is 0 Å². The van der Waals surface area contributed by atoms with Gasteiger partial charge in [0.05, 0.1) is 0 Å². The first-order chi connectivity index (χ1) is 12.4. The minimum atomic E-state index is -1.06. The van der Waals surface area contributed by atoms with Gasteiger partial charge in [0.2, 0.25) is 11.8 Å². The Hall–Kier alpha value is -3.22. The van der Waals surface area contributed by atoms with Gasteiger partial charge in [0.1, 0.15) is 6.04 Å². The highest BCUT2D eigenvalue weighted by Gasteiger charge is 2.22. The molecule has 7 heteroatoms. The molecular weight excluding hydrogens is 340 g/mol. The Kier molecular flexibility index (Phi) is 4.97. The van der Waals surface area contributed by atoms with E-state index in [-0.39, 0.29) is 18.0 Å². The molecule has 1 atom stereocenters. The van der Waals surface area contributed by atoms with Crippen LogP contribution in [0.5, 0.6) is 0 Å². The highest BCUT2D eigenvalue weighted by Crippen LogP contribution is 2.20. The van der Waals surface area contributed by atoms with Gasteiger partial charge in [-0.15, -0.1) is 0 Å². The van der Waals surface area contributed by atoms with Crippen LogP contribution in [-0.2, 0) is 16.0 Å². The number of nitrogens with one attached hydrogen (secondary N) is 3. The van der Waals surface area contributed by atoms with Crippen molar-refractivity contribution in [3.63, 3.8) is 0 Å². The van der Waals surface area contributed by atoms with Crippen molar-refractivity contribution in [2.45, 2.75) is 19.4 Å². The number of aromatic nitrogens is 1. The van der Waals surface area contributed by atoms with E-state index in [1.807, 2.05) is 24.3 Å². The molecule has 5 nitrogen and oxygen atoms in total. The zero-order chi connectivity index (χ0) is 18.7. The molecule has 0 aliphatic carbocycles. The predicted octanol–water partition coefficient (Wildman–Crippen LogP) is 3.13. The largest absolute Gasteiger partial charge is 0.361 e. The van der Waals surface area contributed by atoms with E-state index in [0.717, 1.165) is 28.6 Å².